The molecule has 1 atom stereocenters. The van der Waals surface area contributed by atoms with Gasteiger partial charge in [-0.1, -0.05) is 17.0 Å². The molecule has 1 unspecified atom stereocenters. The number of nitrogens with zero attached hydrogens (tertiary/aromatic N) is 6. The molecule has 0 saturated carbocycles. The first-order valence-electron chi connectivity index (χ1n) is 9.71. The van der Waals surface area contributed by atoms with E-state index in [0.29, 0.717) is 41.3 Å². The standard InChI is InChI=1S/C21H22N8O2/c1-5-23-19-26-15-7-6-14(8-9-21(4,30)17-10-12(2)31-28-17)11-16(15)29(19)20-25-13(3)24-18(22)27-20/h6-7,10-11,30H,5H2,1-4H3,(H,23,26)(H2,22,24,25,27). The van der Waals surface area contributed by atoms with Crippen LogP contribution in [-0.4, -0.2) is 41.3 Å². The first-order valence-corrected chi connectivity index (χ1v) is 9.71. The van der Waals surface area contributed by atoms with Crippen molar-refractivity contribution in [2.75, 3.05) is 17.6 Å². The second kappa shape index (κ2) is 7.70. The van der Waals surface area contributed by atoms with Crippen molar-refractivity contribution in [3.8, 4) is 17.8 Å². The predicted molar refractivity (Wildman–Crippen MR) is 115 cm³/mol. The van der Waals surface area contributed by atoms with Crippen molar-refractivity contribution in [1.29, 1.82) is 0 Å². The number of rotatable bonds is 4. The van der Waals surface area contributed by atoms with E-state index in [1.54, 1.807) is 31.4 Å². The SMILES string of the molecule is CCNc1nc2ccc(C#CC(C)(O)c3cc(C)on3)cc2n1-c1nc(C)nc(N)n1. The maximum Gasteiger partial charge on any atom is 0.242 e. The molecular formula is C21H22N8O2. The summed E-state index contributed by atoms with van der Waals surface area (Å²) in [6, 6.07) is 7.20. The Morgan fingerprint density at radius 2 is 2.00 bits per heavy atom. The zero-order valence-corrected chi connectivity index (χ0v) is 17.6. The number of nitrogens with two attached hydrogens (primary N) is 1. The molecule has 0 radical (unpaired) electrons. The fraction of sp³-hybridized carbons (Fsp3) is 0.286. The fourth-order valence-electron chi connectivity index (χ4n) is 3.07. The van der Waals surface area contributed by atoms with Gasteiger partial charge in [-0.3, -0.25) is 0 Å². The van der Waals surface area contributed by atoms with Crippen molar-refractivity contribution in [2.45, 2.75) is 33.3 Å². The van der Waals surface area contributed by atoms with Crippen LogP contribution in [-0.2, 0) is 5.60 Å². The molecule has 0 fully saturated rings. The van der Waals surface area contributed by atoms with Crippen LogP contribution in [0.15, 0.2) is 28.8 Å². The monoisotopic (exact) mass is 418 g/mol. The normalized spacial score (nSPS) is 12.9. The van der Waals surface area contributed by atoms with Gasteiger partial charge in [-0.05, 0) is 45.9 Å². The summed E-state index contributed by atoms with van der Waals surface area (Å²) in [5, 5.41) is 17.8. The Bertz CT molecular complexity index is 1310. The third kappa shape index (κ3) is 4.04. The average Bonchev–Trinajstić information content (AvgIpc) is 3.29. The lowest BCUT2D eigenvalue weighted by atomic mass is 10.0. The average molecular weight is 418 g/mol. The first kappa shape index (κ1) is 20.3. The molecule has 158 valence electrons. The number of anilines is 2. The summed E-state index contributed by atoms with van der Waals surface area (Å²) >= 11 is 0. The summed E-state index contributed by atoms with van der Waals surface area (Å²) in [5.74, 6) is 8.03. The van der Waals surface area contributed by atoms with E-state index >= 15 is 0 Å². The van der Waals surface area contributed by atoms with Crippen molar-refractivity contribution >= 4 is 22.9 Å². The molecule has 0 amide bonds. The van der Waals surface area contributed by atoms with Crippen molar-refractivity contribution in [2.24, 2.45) is 0 Å². The highest BCUT2D eigenvalue weighted by Crippen LogP contribution is 2.25. The summed E-state index contributed by atoms with van der Waals surface area (Å²) in [6.45, 7) is 7.71. The van der Waals surface area contributed by atoms with E-state index in [1.165, 1.54) is 0 Å². The minimum Gasteiger partial charge on any atom is -0.372 e. The number of aryl methyl sites for hydroxylation is 2. The number of imidazole rings is 1. The highest BCUT2D eigenvalue weighted by Gasteiger charge is 2.24. The topological polar surface area (TPSA) is 141 Å². The maximum atomic E-state index is 10.7. The predicted octanol–water partition coefficient (Wildman–Crippen LogP) is 2.09. The van der Waals surface area contributed by atoms with E-state index in [2.05, 4.69) is 42.3 Å². The Labute approximate surface area is 178 Å². The molecule has 4 aromatic rings. The van der Waals surface area contributed by atoms with Crippen LogP contribution in [0.2, 0.25) is 0 Å². The highest BCUT2D eigenvalue weighted by atomic mass is 16.5. The molecule has 0 aliphatic carbocycles. The van der Waals surface area contributed by atoms with Gasteiger partial charge in [0.05, 0.1) is 11.0 Å². The third-order valence-electron chi connectivity index (χ3n) is 4.52. The molecule has 0 aliphatic heterocycles. The van der Waals surface area contributed by atoms with E-state index in [1.807, 2.05) is 25.1 Å². The molecule has 0 spiro atoms. The second-order valence-corrected chi connectivity index (χ2v) is 7.19. The Kier molecular flexibility index (Phi) is 5.04. The molecule has 0 aliphatic rings. The Hall–Kier alpha value is -3.97. The zero-order valence-electron chi connectivity index (χ0n) is 17.6. The van der Waals surface area contributed by atoms with Gasteiger partial charge < -0.3 is 20.7 Å². The Balaban J connectivity index is 1.82. The fourth-order valence-corrected chi connectivity index (χ4v) is 3.07. The minimum atomic E-state index is -1.46. The third-order valence-corrected chi connectivity index (χ3v) is 4.52. The maximum absolute atomic E-state index is 10.7. The first-order chi connectivity index (χ1) is 14.8. The molecule has 4 N–H and O–H groups in total. The Morgan fingerprint density at radius 3 is 2.68 bits per heavy atom. The van der Waals surface area contributed by atoms with Crippen LogP contribution in [0.25, 0.3) is 17.0 Å². The smallest absolute Gasteiger partial charge is 0.242 e. The van der Waals surface area contributed by atoms with Crippen LogP contribution in [0.4, 0.5) is 11.9 Å². The molecule has 0 saturated heterocycles. The molecule has 4 rings (SSSR count). The van der Waals surface area contributed by atoms with Crippen molar-refractivity contribution < 1.29 is 9.63 Å². The highest BCUT2D eigenvalue weighted by molar-refractivity contribution is 5.82. The number of fused-ring (bicyclic) bond motifs is 1. The summed E-state index contributed by atoms with van der Waals surface area (Å²) in [4.78, 5) is 17.4. The Morgan fingerprint density at radius 1 is 1.19 bits per heavy atom. The van der Waals surface area contributed by atoms with E-state index < -0.39 is 5.60 Å². The molecule has 3 aromatic heterocycles. The van der Waals surface area contributed by atoms with Crippen LogP contribution >= 0.6 is 0 Å². The van der Waals surface area contributed by atoms with E-state index in [0.717, 1.165) is 11.0 Å². The molecule has 10 nitrogen and oxygen atoms in total. The molecular weight excluding hydrogens is 396 g/mol. The van der Waals surface area contributed by atoms with Gasteiger partial charge in [0.25, 0.3) is 0 Å². The van der Waals surface area contributed by atoms with Crippen LogP contribution in [0.3, 0.4) is 0 Å². The van der Waals surface area contributed by atoms with E-state index in [-0.39, 0.29) is 5.95 Å². The van der Waals surface area contributed by atoms with Crippen molar-refractivity contribution in [3.63, 3.8) is 0 Å². The number of aromatic nitrogens is 6. The van der Waals surface area contributed by atoms with Gasteiger partial charge >= 0.3 is 0 Å². The van der Waals surface area contributed by atoms with Gasteiger partial charge in [0.15, 0.2) is 5.60 Å². The summed E-state index contributed by atoms with van der Waals surface area (Å²) in [7, 11) is 0. The largest absolute Gasteiger partial charge is 0.372 e. The lowest BCUT2D eigenvalue weighted by Gasteiger charge is -2.11. The minimum absolute atomic E-state index is 0.127. The van der Waals surface area contributed by atoms with E-state index in [4.69, 9.17) is 10.3 Å². The van der Waals surface area contributed by atoms with Crippen LogP contribution in [0.1, 0.15) is 36.7 Å². The van der Waals surface area contributed by atoms with Crippen LogP contribution in [0, 0.1) is 25.7 Å². The number of hydrogen-bond acceptors (Lipinski definition) is 9. The lowest BCUT2D eigenvalue weighted by molar-refractivity contribution is 0.112. The second-order valence-electron chi connectivity index (χ2n) is 7.19. The number of hydrogen-bond donors (Lipinski definition) is 3. The number of aliphatic hydroxyl groups is 1. The van der Waals surface area contributed by atoms with Crippen LogP contribution < -0.4 is 11.1 Å². The molecule has 10 heteroatoms. The van der Waals surface area contributed by atoms with Gasteiger partial charge in [-0.25, -0.2) is 9.55 Å². The van der Waals surface area contributed by atoms with Gasteiger partial charge in [-0.2, -0.15) is 15.0 Å². The molecule has 1 aromatic carbocycles. The van der Waals surface area contributed by atoms with Gasteiger partial charge in [0.2, 0.25) is 17.8 Å². The summed E-state index contributed by atoms with van der Waals surface area (Å²) in [6.07, 6.45) is 0. The van der Waals surface area contributed by atoms with Gasteiger partial charge in [0, 0.05) is 18.2 Å². The number of benzene rings is 1. The summed E-state index contributed by atoms with van der Waals surface area (Å²) in [5.41, 5.74) is 6.89. The van der Waals surface area contributed by atoms with Crippen molar-refractivity contribution in [3.05, 3.63) is 47.1 Å². The molecule has 31 heavy (non-hydrogen) atoms. The zero-order chi connectivity index (χ0) is 22.2. The number of nitrogen functional groups attached to an aromatic ring is 1. The van der Waals surface area contributed by atoms with Crippen LogP contribution in [0.5, 0.6) is 0 Å². The van der Waals surface area contributed by atoms with Gasteiger partial charge in [0.1, 0.15) is 17.3 Å². The van der Waals surface area contributed by atoms with Gasteiger partial charge in [-0.15, -0.1) is 0 Å². The molecule has 3 heterocycles. The molecule has 0 bridgehead atoms. The van der Waals surface area contributed by atoms with E-state index in [9.17, 15) is 5.11 Å². The quantitative estimate of drug-likeness (QED) is 0.425. The summed E-state index contributed by atoms with van der Waals surface area (Å²) < 4.78 is 6.82. The number of nitrogens with one attached hydrogen (secondary N) is 1. The van der Waals surface area contributed by atoms with Crippen molar-refractivity contribution in [1.82, 2.24) is 29.7 Å². The lowest BCUT2D eigenvalue weighted by Crippen LogP contribution is -2.18.